The third-order valence-corrected chi connectivity index (χ3v) is 5.88. The van der Waals surface area contributed by atoms with Crippen molar-refractivity contribution >= 4 is 23.6 Å². The number of hydrogen-bond donors (Lipinski definition) is 1. The monoisotopic (exact) mass is 407 g/mol. The molecule has 0 aromatic heterocycles. The number of hydrogen-bond acceptors (Lipinski definition) is 5. The van der Waals surface area contributed by atoms with Crippen LogP contribution >= 0.6 is 0 Å². The number of methoxy groups -OCH3 is 1. The van der Waals surface area contributed by atoms with Gasteiger partial charge in [0.2, 0.25) is 17.7 Å². The molecule has 154 valence electrons. The van der Waals surface area contributed by atoms with E-state index in [0.717, 1.165) is 4.90 Å². The first-order chi connectivity index (χ1) is 14.4. The predicted octanol–water partition coefficient (Wildman–Crippen LogP) is 0.977. The van der Waals surface area contributed by atoms with Crippen LogP contribution in [0, 0.1) is 11.8 Å². The summed E-state index contributed by atoms with van der Waals surface area (Å²) in [5.41, 5.74) is 6.60. The number of nitrogens with two attached hydrogens (primary N) is 1. The summed E-state index contributed by atoms with van der Waals surface area (Å²) in [7, 11) is 2.87. The van der Waals surface area contributed by atoms with E-state index in [-0.39, 0.29) is 5.56 Å². The quantitative estimate of drug-likeness (QED) is 0.760. The molecule has 2 aromatic rings. The highest BCUT2D eigenvalue weighted by Gasteiger charge is 2.64. The molecule has 0 spiro atoms. The van der Waals surface area contributed by atoms with Gasteiger partial charge in [-0.1, -0.05) is 36.4 Å². The molecule has 2 aliphatic heterocycles. The zero-order valence-corrected chi connectivity index (χ0v) is 16.5. The topological polar surface area (TPSA) is 110 Å². The molecule has 2 fully saturated rings. The van der Waals surface area contributed by atoms with Gasteiger partial charge in [-0.05, 0) is 23.8 Å². The Morgan fingerprint density at radius 3 is 2.27 bits per heavy atom. The van der Waals surface area contributed by atoms with Crippen LogP contribution in [-0.2, 0) is 14.4 Å². The van der Waals surface area contributed by atoms with E-state index >= 15 is 0 Å². The van der Waals surface area contributed by atoms with Crippen molar-refractivity contribution in [1.29, 1.82) is 0 Å². The third kappa shape index (κ3) is 2.83. The Hall–Kier alpha value is -3.68. The van der Waals surface area contributed by atoms with Gasteiger partial charge in [-0.15, -0.1) is 0 Å². The molecule has 4 atom stereocenters. The number of rotatable bonds is 4. The summed E-state index contributed by atoms with van der Waals surface area (Å²) in [4.78, 5) is 54.1. The van der Waals surface area contributed by atoms with Crippen molar-refractivity contribution in [3.05, 3.63) is 65.7 Å². The molecule has 4 unspecified atom stereocenters. The molecule has 2 aliphatic rings. The lowest BCUT2D eigenvalue weighted by Crippen LogP contribution is -2.50. The van der Waals surface area contributed by atoms with Crippen molar-refractivity contribution < 1.29 is 23.9 Å². The zero-order chi connectivity index (χ0) is 21.6. The fourth-order valence-electron chi connectivity index (χ4n) is 4.54. The van der Waals surface area contributed by atoms with Crippen LogP contribution < -0.4 is 10.5 Å². The normalized spacial score (nSPS) is 25.4. The smallest absolute Gasteiger partial charge is 0.255 e. The fourth-order valence-corrected chi connectivity index (χ4v) is 4.54. The number of carbonyl (C=O) groups excluding carboxylic acids is 4. The number of primary amides is 1. The zero-order valence-electron chi connectivity index (χ0n) is 16.5. The van der Waals surface area contributed by atoms with Crippen LogP contribution in [0.25, 0.3) is 0 Å². The van der Waals surface area contributed by atoms with E-state index < -0.39 is 47.5 Å². The number of ether oxygens (including phenoxy) is 1. The van der Waals surface area contributed by atoms with Gasteiger partial charge in [0.25, 0.3) is 5.91 Å². The maximum absolute atomic E-state index is 13.6. The highest BCUT2D eigenvalue weighted by molar-refractivity contribution is 6.10. The number of carbonyl (C=O) groups is 4. The summed E-state index contributed by atoms with van der Waals surface area (Å²) in [6.07, 6.45) is 0. The van der Waals surface area contributed by atoms with Gasteiger partial charge >= 0.3 is 0 Å². The molecule has 4 rings (SSSR count). The van der Waals surface area contributed by atoms with Gasteiger partial charge in [0, 0.05) is 12.6 Å². The van der Waals surface area contributed by atoms with Gasteiger partial charge in [0.05, 0.1) is 25.0 Å². The van der Waals surface area contributed by atoms with Gasteiger partial charge in [-0.2, -0.15) is 0 Å². The predicted molar refractivity (Wildman–Crippen MR) is 106 cm³/mol. The highest BCUT2D eigenvalue weighted by Crippen LogP contribution is 2.50. The number of likely N-dealkylation sites (tertiary alicyclic amines) is 2. The van der Waals surface area contributed by atoms with Crippen LogP contribution in [0.5, 0.6) is 5.75 Å². The Morgan fingerprint density at radius 1 is 0.967 bits per heavy atom. The van der Waals surface area contributed by atoms with Gasteiger partial charge in [-0.3, -0.25) is 24.1 Å². The van der Waals surface area contributed by atoms with Crippen LogP contribution in [0.15, 0.2) is 54.6 Å². The lowest BCUT2D eigenvalue weighted by molar-refractivity contribution is -0.141. The average Bonchev–Trinajstić information content (AvgIpc) is 3.23. The maximum atomic E-state index is 13.6. The SMILES string of the molecule is COc1cccc(C(=O)N2C(C(N)=O)C3C(=O)N(C)C(=O)C3C2c2ccccc2)c1. The minimum Gasteiger partial charge on any atom is -0.497 e. The van der Waals surface area contributed by atoms with Crippen LogP contribution in [0.3, 0.4) is 0 Å². The van der Waals surface area contributed by atoms with Crippen molar-refractivity contribution in [3.8, 4) is 5.75 Å². The Labute approximate surface area is 173 Å². The standard InChI is InChI=1S/C22H21N3O5/c1-24-21(28)15-16(22(24)29)18(19(23)26)25(17(15)12-7-4-3-5-8-12)20(27)13-9-6-10-14(11-13)30-2/h3-11,15-18H,1-2H3,(H2,23,26). The molecule has 0 aliphatic carbocycles. The molecule has 2 N–H and O–H groups in total. The number of fused-ring (bicyclic) bond motifs is 1. The third-order valence-electron chi connectivity index (χ3n) is 5.88. The van der Waals surface area contributed by atoms with Crippen molar-refractivity contribution in [2.75, 3.05) is 14.2 Å². The first-order valence-corrected chi connectivity index (χ1v) is 9.49. The molecule has 0 saturated carbocycles. The van der Waals surface area contributed by atoms with E-state index in [1.807, 2.05) is 6.07 Å². The minimum atomic E-state index is -1.24. The fraction of sp³-hybridized carbons (Fsp3) is 0.273. The molecule has 2 saturated heterocycles. The van der Waals surface area contributed by atoms with E-state index in [1.165, 1.54) is 19.1 Å². The van der Waals surface area contributed by atoms with Gasteiger partial charge in [0.1, 0.15) is 11.8 Å². The minimum absolute atomic E-state index is 0.273. The van der Waals surface area contributed by atoms with Crippen molar-refractivity contribution in [2.24, 2.45) is 17.6 Å². The second-order valence-electron chi connectivity index (χ2n) is 7.43. The number of imide groups is 1. The van der Waals surface area contributed by atoms with E-state index in [1.54, 1.807) is 48.5 Å². The molecule has 4 amide bonds. The van der Waals surface area contributed by atoms with E-state index in [9.17, 15) is 19.2 Å². The summed E-state index contributed by atoms with van der Waals surface area (Å²) in [6, 6.07) is 13.4. The molecular weight excluding hydrogens is 386 g/mol. The average molecular weight is 407 g/mol. The first kappa shape index (κ1) is 19.6. The summed E-state index contributed by atoms with van der Waals surface area (Å²) in [5.74, 6) is -3.67. The molecule has 8 nitrogen and oxygen atoms in total. The summed E-state index contributed by atoms with van der Waals surface area (Å²) < 4.78 is 5.20. The second-order valence-corrected chi connectivity index (χ2v) is 7.43. The highest BCUT2D eigenvalue weighted by atomic mass is 16.5. The van der Waals surface area contributed by atoms with Gasteiger partial charge in [0.15, 0.2) is 0 Å². The molecule has 8 heteroatoms. The van der Waals surface area contributed by atoms with Gasteiger partial charge < -0.3 is 15.4 Å². The van der Waals surface area contributed by atoms with E-state index in [4.69, 9.17) is 10.5 Å². The molecule has 30 heavy (non-hydrogen) atoms. The van der Waals surface area contributed by atoms with Crippen LogP contribution in [0.2, 0.25) is 0 Å². The Balaban J connectivity index is 1.89. The summed E-state index contributed by atoms with van der Waals surface area (Å²) in [5, 5.41) is 0. The Kier molecular flexibility index (Phi) is 4.77. The number of amides is 4. The Morgan fingerprint density at radius 2 is 1.63 bits per heavy atom. The Bertz CT molecular complexity index is 1040. The van der Waals surface area contributed by atoms with Crippen molar-refractivity contribution in [1.82, 2.24) is 9.80 Å². The maximum Gasteiger partial charge on any atom is 0.255 e. The van der Waals surface area contributed by atoms with Crippen molar-refractivity contribution in [3.63, 3.8) is 0 Å². The molecule has 2 aromatic carbocycles. The van der Waals surface area contributed by atoms with E-state index in [0.29, 0.717) is 11.3 Å². The molecule has 0 radical (unpaired) electrons. The number of nitrogens with zero attached hydrogens (tertiary/aromatic N) is 2. The largest absolute Gasteiger partial charge is 0.497 e. The van der Waals surface area contributed by atoms with Crippen molar-refractivity contribution in [2.45, 2.75) is 12.1 Å². The summed E-state index contributed by atoms with van der Waals surface area (Å²) in [6.45, 7) is 0. The first-order valence-electron chi connectivity index (χ1n) is 9.49. The van der Waals surface area contributed by atoms with Crippen LogP contribution in [0.4, 0.5) is 0 Å². The molecule has 2 heterocycles. The van der Waals surface area contributed by atoms with Crippen LogP contribution in [-0.4, -0.2) is 53.6 Å². The molecular formula is C22H21N3O5. The van der Waals surface area contributed by atoms with E-state index in [2.05, 4.69) is 0 Å². The lowest BCUT2D eigenvalue weighted by Gasteiger charge is -2.32. The second kappa shape index (κ2) is 7.29. The lowest BCUT2D eigenvalue weighted by atomic mass is 9.86. The summed E-state index contributed by atoms with van der Waals surface area (Å²) >= 11 is 0. The van der Waals surface area contributed by atoms with Crippen LogP contribution in [0.1, 0.15) is 22.0 Å². The molecule has 0 bridgehead atoms. The van der Waals surface area contributed by atoms with Gasteiger partial charge in [-0.25, -0.2) is 0 Å². The number of benzene rings is 2.